The quantitative estimate of drug-likeness (QED) is 0.595. The first-order valence-corrected chi connectivity index (χ1v) is 7.17. The maximum absolute atomic E-state index is 11.6. The number of benzene rings is 2. The van der Waals surface area contributed by atoms with E-state index in [0.717, 1.165) is 27.7 Å². The van der Waals surface area contributed by atoms with Gasteiger partial charge in [0.2, 0.25) is 0 Å². The van der Waals surface area contributed by atoms with Crippen molar-refractivity contribution in [1.82, 2.24) is 0 Å². The van der Waals surface area contributed by atoms with E-state index in [1.165, 1.54) is 7.11 Å². The monoisotopic (exact) mass is 296 g/mol. The molecule has 3 nitrogen and oxygen atoms in total. The summed E-state index contributed by atoms with van der Waals surface area (Å²) in [5.74, 6) is 0.444. The molecule has 0 atom stereocenters. The van der Waals surface area contributed by atoms with Gasteiger partial charge in [0.25, 0.3) is 0 Å². The van der Waals surface area contributed by atoms with Crippen molar-refractivity contribution in [2.45, 2.75) is 13.3 Å². The maximum atomic E-state index is 11.6. The van der Waals surface area contributed by atoms with Gasteiger partial charge in [0, 0.05) is 10.9 Å². The molecule has 0 heterocycles. The zero-order valence-electron chi connectivity index (χ0n) is 13.0. The summed E-state index contributed by atoms with van der Waals surface area (Å²) in [6.45, 7) is 6.13. The number of fused-ring (bicyclic) bond motifs is 1. The Balaban J connectivity index is 2.43. The highest BCUT2D eigenvalue weighted by Gasteiger charge is 2.13. The minimum atomic E-state index is -0.282. The summed E-state index contributed by atoms with van der Waals surface area (Å²) in [5, 5.41) is 2.06. The van der Waals surface area contributed by atoms with E-state index in [4.69, 9.17) is 9.47 Å². The van der Waals surface area contributed by atoms with E-state index in [9.17, 15) is 4.79 Å². The Morgan fingerprint density at radius 2 is 2.00 bits per heavy atom. The minimum Gasteiger partial charge on any atom is -0.488 e. The molecule has 2 rings (SSSR count). The van der Waals surface area contributed by atoms with E-state index in [2.05, 4.69) is 6.58 Å². The van der Waals surface area contributed by atoms with E-state index >= 15 is 0 Å². The van der Waals surface area contributed by atoms with E-state index in [1.54, 1.807) is 6.08 Å². The number of methoxy groups -OCH3 is 1. The molecule has 0 spiro atoms. The molecule has 3 heteroatoms. The Bertz CT molecular complexity index is 714. The van der Waals surface area contributed by atoms with Gasteiger partial charge in [0.15, 0.2) is 0 Å². The summed E-state index contributed by atoms with van der Waals surface area (Å²) in [7, 11) is 1.39. The maximum Gasteiger partial charge on any atom is 0.310 e. The third kappa shape index (κ3) is 3.55. The van der Waals surface area contributed by atoms with Crippen molar-refractivity contribution in [2.24, 2.45) is 0 Å². The molecule has 0 radical (unpaired) electrons. The van der Waals surface area contributed by atoms with Crippen molar-refractivity contribution in [2.75, 3.05) is 13.7 Å². The van der Waals surface area contributed by atoms with Crippen molar-refractivity contribution < 1.29 is 14.3 Å². The summed E-state index contributed by atoms with van der Waals surface area (Å²) in [4.78, 5) is 11.6. The largest absolute Gasteiger partial charge is 0.488 e. The molecular weight excluding hydrogens is 276 g/mol. The van der Waals surface area contributed by atoms with Gasteiger partial charge in [-0.15, -0.1) is 0 Å². The molecule has 0 aliphatic carbocycles. The van der Waals surface area contributed by atoms with E-state index in [1.807, 2.05) is 49.4 Å². The van der Waals surface area contributed by atoms with Crippen molar-refractivity contribution in [1.29, 1.82) is 0 Å². The molecule has 22 heavy (non-hydrogen) atoms. The van der Waals surface area contributed by atoms with Crippen LogP contribution < -0.4 is 4.74 Å². The van der Waals surface area contributed by atoms with Crippen molar-refractivity contribution in [3.63, 3.8) is 0 Å². The molecule has 0 N–H and O–H groups in total. The van der Waals surface area contributed by atoms with E-state index < -0.39 is 0 Å². The lowest BCUT2D eigenvalue weighted by Gasteiger charge is -2.14. The summed E-state index contributed by atoms with van der Waals surface area (Å²) in [6, 6.07) is 11.9. The number of rotatable bonds is 6. The number of carbonyl (C=O) groups excluding carboxylic acids is 1. The first-order valence-electron chi connectivity index (χ1n) is 7.17. The zero-order chi connectivity index (χ0) is 15.9. The minimum absolute atomic E-state index is 0.190. The molecule has 2 aromatic carbocycles. The van der Waals surface area contributed by atoms with Gasteiger partial charge in [-0.2, -0.15) is 0 Å². The zero-order valence-corrected chi connectivity index (χ0v) is 13.0. The molecule has 0 unspecified atom stereocenters. The van der Waals surface area contributed by atoms with Crippen LogP contribution in [-0.4, -0.2) is 19.7 Å². The summed E-state index contributed by atoms with van der Waals surface area (Å²) in [5.41, 5.74) is 1.82. The Morgan fingerprint density at radius 1 is 1.23 bits per heavy atom. The first-order chi connectivity index (χ1) is 10.7. The second kappa shape index (κ2) is 7.46. The van der Waals surface area contributed by atoms with Crippen LogP contribution in [0.15, 0.2) is 60.7 Å². The molecule has 0 aliphatic rings. The Kier molecular flexibility index (Phi) is 5.37. The van der Waals surface area contributed by atoms with Crippen molar-refractivity contribution in [3.05, 3.63) is 66.3 Å². The van der Waals surface area contributed by atoms with Gasteiger partial charge in [-0.25, -0.2) is 0 Å². The van der Waals surface area contributed by atoms with Crippen LogP contribution in [0.4, 0.5) is 0 Å². The lowest BCUT2D eigenvalue weighted by Crippen LogP contribution is -2.08. The Hall–Kier alpha value is -2.55. The lowest BCUT2D eigenvalue weighted by atomic mass is 10.0. The average molecular weight is 296 g/mol. The van der Waals surface area contributed by atoms with Crippen LogP contribution in [-0.2, 0) is 16.0 Å². The second-order valence-corrected chi connectivity index (χ2v) is 4.88. The molecular formula is C19H20O3. The predicted molar refractivity (Wildman–Crippen MR) is 89.1 cm³/mol. The fourth-order valence-electron chi connectivity index (χ4n) is 2.24. The fourth-order valence-corrected chi connectivity index (χ4v) is 2.24. The SMILES string of the molecule is C=C/C(=C\C)COc1c(CC(=O)OC)ccc2ccccc12. The first kappa shape index (κ1) is 15.8. The Labute approximate surface area is 130 Å². The second-order valence-electron chi connectivity index (χ2n) is 4.88. The lowest BCUT2D eigenvalue weighted by molar-refractivity contribution is -0.139. The van der Waals surface area contributed by atoms with Crippen molar-refractivity contribution in [3.8, 4) is 5.75 Å². The van der Waals surface area contributed by atoms with Crippen LogP contribution in [0.5, 0.6) is 5.75 Å². The average Bonchev–Trinajstić information content (AvgIpc) is 2.56. The molecule has 0 fully saturated rings. The third-order valence-corrected chi connectivity index (χ3v) is 3.54. The van der Waals surface area contributed by atoms with Gasteiger partial charge >= 0.3 is 5.97 Å². The molecule has 0 aliphatic heterocycles. The van der Waals surface area contributed by atoms with Crippen LogP contribution in [0.2, 0.25) is 0 Å². The van der Waals surface area contributed by atoms with Gasteiger partial charge in [-0.3, -0.25) is 4.79 Å². The third-order valence-electron chi connectivity index (χ3n) is 3.54. The standard InChI is InChI=1S/C19H20O3/c1-4-14(5-2)13-22-19-16(12-18(20)21-3)11-10-15-8-6-7-9-17(15)19/h4-11H,1,12-13H2,2-3H3/b14-5+. The molecule has 0 aromatic heterocycles. The smallest absolute Gasteiger partial charge is 0.310 e. The number of ether oxygens (including phenoxy) is 2. The Morgan fingerprint density at radius 3 is 2.68 bits per heavy atom. The van der Waals surface area contributed by atoms with Crippen LogP contribution in [0.1, 0.15) is 12.5 Å². The van der Waals surface area contributed by atoms with Crippen LogP contribution >= 0.6 is 0 Å². The molecule has 0 amide bonds. The highest BCUT2D eigenvalue weighted by atomic mass is 16.5. The summed E-state index contributed by atoms with van der Waals surface area (Å²) >= 11 is 0. The number of hydrogen-bond acceptors (Lipinski definition) is 3. The van der Waals surface area contributed by atoms with E-state index in [0.29, 0.717) is 6.61 Å². The van der Waals surface area contributed by atoms with Gasteiger partial charge in [-0.05, 0) is 17.9 Å². The number of esters is 1. The van der Waals surface area contributed by atoms with Gasteiger partial charge in [0.05, 0.1) is 13.5 Å². The highest BCUT2D eigenvalue weighted by molar-refractivity contribution is 5.91. The number of allylic oxidation sites excluding steroid dienone is 1. The fraction of sp³-hybridized carbons (Fsp3) is 0.211. The van der Waals surface area contributed by atoms with Crippen LogP contribution in [0, 0.1) is 0 Å². The molecule has 0 saturated heterocycles. The number of hydrogen-bond donors (Lipinski definition) is 0. The topological polar surface area (TPSA) is 35.5 Å². The molecule has 0 bridgehead atoms. The highest BCUT2D eigenvalue weighted by Crippen LogP contribution is 2.31. The van der Waals surface area contributed by atoms with Gasteiger partial charge in [0.1, 0.15) is 12.4 Å². The van der Waals surface area contributed by atoms with Crippen LogP contribution in [0.25, 0.3) is 10.8 Å². The van der Waals surface area contributed by atoms with Gasteiger partial charge in [-0.1, -0.05) is 55.1 Å². The molecule has 114 valence electrons. The number of carbonyl (C=O) groups is 1. The van der Waals surface area contributed by atoms with Crippen LogP contribution in [0.3, 0.4) is 0 Å². The van der Waals surface area contributed by atoms with E-state index in [-0.39, 0.29) is 12.4 Å². The molecule has 2 aromatic rings. The predicted octanol–water partition coefficient (Wildman–Crippen LogP) is 4.07. The summed E-state index contributed by atoms with van der Waals surface area (Å²) in [6.07, 6.45) is 3.92. The normalized spacial score (nSPS) is 11.3. The van der Waals surface area contributed by atoms with Crippen molar-refractivity contribution >= 4 is 16.7 Å². The summed E-state index contributed by atoms with van der Waals surface area (Å²) < 4.78 is 10.8. The molecule has 0 saturated carbocycles. The van der Waals surface area contributed by atoms with Gasteiger partial charge < -0.3 is 9.47 Å².